The first-order valence-corrected chi connectivity index (χ1v) is 10.2. The minimum absolute atomic E-state index is 0.0202. The Morgan fingerprint density at radius 1 is 1.17 bits per heavy atom. The van der Waals surface area contributed by atoms with Gasteiger partial charge in [0.25, 0.3) is 5.91 Å². The predicted molar refractivity (Wildman–Crippen MR) is 112 cm³/mol. The lowest BCUT2D eigenvalue weighted by atomic mass is 10.1. The number of amides is 3. The Morgan fingerprint density at radius 2 is 2.07 bits per heavy atom. The SMILES string of the molecule is Cc1cccc(C(=O)N2CCc3ccc(CNC(=O)NC[C@H]4CCCO4)cc32)c1. The fourth-order valence-electron chi connectivity index (χ4n) is 3.94. The normalized spacial score (nSPS) is 17.8. The van der Waals surface area contributed by atoms with Crippen LogP contribution >= 0.6 is 0 Å². The molecule has 1 saturated heterocycles. The number of fused-ring (bicyclic) bond motifs is 1. The van der Waals surface area contributed by atoms with Gasteiger partial charge in [0.1, 0.15) is 0 Å². The quantitative estimate of drug-likeness (QED) is 0.820. The molecule has 2 heterocycles. The zero-order valence-corrected chi connectivity index (χ0v) is 16.7. The van der Waals surface area contributed by atoms with Crippen LogP contribution < -0.4 is 15.5 Å². The maximum absolute atomic E-state index is 13.0. The number of nitrogens with zero attached hydrogens (tertiary/aromatic N) is 1. The molecule has 29 heavy (non-hydrogen) atoms. The summed E-state index contributed by atoms with van der Waals surface area (Å²) in [5, 5.41) is 5.75. The highest BCUT2D eigenvalue weighted by Gasteiger charge is 2.26. The van der Waals surface area contributed by atoms with Crippen LogP contribution in [0.5, 0.6) is 0 Å². The van der Waals surface area contributed by atoms with Crippen LogP contribution in [0.1, 0.15) is 39.9 Å². The lowest BCUT2D eigenvalue weighted by Crippen LogP contribution is -2.39. The van der Waals surface area contributed by atoms with Gasteiger partial charge in [-0.15, -0.1) is 0 Å². The Bertz CT molecular complexity index is 906. The van der Waals surface area contributed by atoms with E-state index in [0.717, 1.165) is 48.2 Å². The van der Waals surface area contributed by atoms with Crippen molar-refractivity contribution in [3.05, 3.63) is 64.7 Å². The van der Waals surface area contributed by atoms with Gasteiger partial charge in [-0.05, 0) is 55.5 Å². The molecule has 0 unspecified atom stereocenters. The molecule has 2 aliphatic heterocycles. The number of anilines is 1. The van der Waals surface area contributed by atoms with E-state index in [2.05, 4.69) is 16.7 Å². The van der Waals surface area contributed by atoms with Crippen molar-refractivity contribution >= 4 is 17.6 Å². The number of urea groups is 1. The van der Waals surface area contributed by atoms with Crippen molar-refractivity contribution < 1.29 is 14.3 Å². The molecule has 4 rings (SSSR count). The summed E-state index contributed by atoms with van der Waals surface area (Å²) in [5.41, 5.74) is 4.85. The molecule has 2 aromatic rings. The molecule has 0 aliphatic carbocycles. The predicted octanol–water partition coefficient (Wildman–Crippen LogP) is 3.18. The van der Waals surface area contributed by atoms with E-state index in [1.54, 1.807) is 0 Å². The number of hydrogen-bond donors (Lipinski definition) is 2. The number of carbonyl (C=O) groups excluding carboxylic acids is 2. The summed E-state index contributed by atoms with van der Waals surface area (Å²) in [6.45, 7) is 4.40. The molecule has 1 fully saturated rings. The van der Waals surface area contributed by atoms with Crippen molar-refractivity contribution in [2.75, 3.05) is 24.6 Å². The Morgan fingerprint density at radius 3 is 2.86 bits per heavy atom. The molecule has 2 aliphatic rings. The molecule has 0 spiro atoms. The number of nitrogens with one attached hydrogen (secondary N) is 2. The molecule has 2 aromatic carbocycles. The number of aryl methyl sites for hydroxylation is 1. The van der Waals surface area contributed by atoms with Gasteiger partial charge in [0.05, 0.1) is 6.10 Å². The van der Waals surface area contributed by atoms with Crippen molar-refractivity contribution in [2.45, 2.75) is 38.8 Å². The Labute approximate surface area is 171 Å². The molecule has 0 bridgehead atoms. The number of ether oxygens (including phenoxy) is 1. The van der Waals surface area contributed by atoms with Gasteiger partial charge in [-0.25, -0.2) is 4.79 Å². The van der Waals surface area contributed by atoms with Crippen molar-refractivity contribution in [3.8, 4) is 0 Å². The highest BCUT2D eigenvalue weighted by Crippen LogP contribution is 2.30. The summed E-state index contributed by atoms with van der Waals surface area (Å²) in [5.74, 6) is 0.0202. The average Bonchev–Trinajstić information content (AvgIpc) is 3.39. The Balaban J connectivity index is 1.38. The van der Waals surface area contributed by atoms with E-state index in [-0.39, 0.29) is 18.0 Å². The second kappa shape index (κ2) is 8.66. The molecule has 1 atom stereocenters. The van der Waals surface area contributed by atoms with Crippen LogP contribution in [0.3, 0.4) is 0 Å². The Hall–Kier alpha value is -2.86. The third-order valence-electron chi connectivity index (χ3n) is 5.52. The fourth-order valence-corrected chi connectivity index (χ4v) is 3.94. The number of rotatable bonds is 5. The molecule has 6 heteroatoms. The van der Waals surface area contributed by atoms with E-state index in [9.17, 15) is 9.59 Å². The largest absolute Gasteiger partial charge is 0.376 e. The third-order valence-corrected chi connectivity index (χ3v) is 5.52. The topological polar surface area (TPSA) is 70.7 Å². The summed E-state index contributed by atoms with van der Waals surface area (Å²) >= 11 is 0. The summed E-state index contributed by atoms with van der Waals surface area (Å²) in [4.78, 5) is 26.9. The van der Waals surface area contributed by atoms with Gasteiger partial charge >= 0.3 is 6.03 Å². The van der Waals surface area contributed by atoms with Crippen molar-refractivity contribution in [2.24, 2.45) is 0 Å². The van der Waals surface area contributed by atoms with E-state index in [1.807, 2.05) is 48.2 Å². The number of benzene rings is 2. The van der Waals surface area contributed by atoms with Crippen LogP contribution in [0.2, 0.25) is 0 Å². The number of hydrogen-bond acceptors (Lipinski definition) is 3. The van der Waals surface area contributed by atoms with Crippen molar-refractivity contribution in [3.63, 3.8) is 0 Å². The summed E-state index contributed by atoms with van der Waals surface area (Å²) in [6.07, 6.45) is 3.03. The zero-order valence-electron chi connectivity index (χ0n) is 16.7. The van der Waals surface area contributed by atoms with E-state index < -0.39 is 0 Å². The van der Waals surface area contributed by atoms with Crippen LogP contribution in [0, 0.1) is 6.92 Å². The van der Waals surface area contributed by atoms with Gasteiger partial charge in [0.15, 0.2) is 0 Å². The van der Waals surface area contributed by atoms with E-state index in [0.29, 0.717) is 25.2 Å². The molecule has 0 radical (unpaired) electrons. The standard InChI is InChI=1S/C23H27N3O3/c1-16-4-2-5-19(12-16)22(27)26-10-9-18-8-7-17(13-21(18)26)14-24-23(28)25-15-20-6-3-11-29-20/h2,4-5,7-8,12-13,20H,3,6,9-11,14-15H2,1H3,(H2,24,25,28)/t20-/m1/s1. The highest BCUT2D eigenvalue weighted by molar-refractivity contribution is 6.07. The van der Waals surface area contributed by atoms with Gasteiger partial charge in [0, 0.05) is 37.5 Å². The fraction of sp³-hybridized carbons (Fsp3) is 0.391. The van der Waals surface area contributed by atoms with E-state index >= 15 is 0 Å². The molecule has 0 aromatic heterocycles. The van der Waals surface area contributed by atoms with E-state index in [1.165, 1.54) is 0 Å². The minimum atomic E-state index is -0.200. The monoisotopic (exact) mass is 393 g/mol. The van der Waals surface area contributed by atoms with Gasteiger partial charge in [-0.3, -0.25) is 4.79 Å². The minimum Gasteiger partial charge on any atom is -0.376 e. The molecule has 6 nitrogen and oxygen atoms in total. The van der Waals surface area contributed by atoms with Crippen LogP contribution in [-0.4, -0.2) is 37.7 Å². The van der Waals surface area contributed by atoms with Gasteiger partial charge in [0.2, 0.25) is 0 Å². The molecule has 0 saturated carbocycles. The van der Waals surface area contributed by atoms with Crippen LogP contribution in [-0.2, 0) is 17.7 Å². The second-order valence-electron chi connectivity index (χ2n) is 7.74. The molecule has 2 N–H and O–H groups in total. The van der Waals surface area contributed by atoms with Gasteiger partial charge in [-0.1, -0.05) is 29.8 Å². The molecule has 3 amide bonds. The summed E-state index contributed by atoms with van der Waals surface area (Å²) in [6, 6.07) is 13.6. The van der Waals surface area contributed by atoms with Crippen LogP contribution in [0.25, 0.3) is 0 Å². The maximum atomic E-state index is 13.0. The first-order valence-electron chi connectivity index (χ1n) is 10.2. The molecular formula is C23H27N3O3. The van der Waals surface area contributed by atoms with Crippen molar-refractivity contribution in [1.29, 1.82) is 0 Å². The van der Waals surface area contributed by atoms with Gasteiger partial charge < -0.3 is 20.3 Å². The summed E-state index contributed by atoms with van der Waals surface area (Å²) < 4.78 is 5.51. The lowest BCUT2D eigenvalue weighted by molar-refractivity contribution is 0.0989. The summed E-state index contributed by atoms with van der Waals surface area (Å²) in [7, 11) is 0. The first kappa shape index (κ1) is 19.5. The third kappa shape index (κ3) is 4.59. The molecule has 152 valence electrons. The second-order valence-corrected chi connectivity index (χ2v) is 7.74. The highest BCUT2D eigenvalue weighted by atomic mass is 16.5. The lowest BCUT2D eigenvalue weighted by Gasteiger charge is -2.18. The first-order chi connectivity index (χ1) is 14.1. The van der Waals surface area contributed by atoms with Gasteiger partial charge in [-0.2, -0.15) is 0 Å². The van der Waals surface area contributed by atoms with Crippen LogP contribution in [0.4, 0.5) is 10.5 Å². The van der Waals surface area contributed by atoms with E-state index in [4.69, 9.17) is 4.74 Å². The van der Waals surface area contributed by atoms with Crippen molar-refractivity contribution in [1.82, 2.24) is 10.6 Å². The Kier molecular flexibility index (Phi) is 5.81. The number of carbonyl (C=O) groups is 2. The van der Waals surface area contributed by atoms with Crippen LogP contribution in [0.15, 0.2) is 42.5 Å². The smallest absolute Gasteiger partial charge is 0.315 e. The molecular weight excluding hydrogens is 366 g/mol. The maximum Gasteiger partial charge on any atom is 0.315 e. The zero-order chi connectivity index (χ0) is 20.2. The average molecular weight is 393 g/mol.